The highest BCUT2D eigenvalue weighted by atomic mass is 35.5. The minimum atomic E-state index is -0.990. The average Bonchev–Trinajstić information content (AvgIpc) is 2.64. The molecule has 0 bridgehead atoms. The van der Waals surface area contributed by atoms with Crippen LogP contribution in [0.15, 0.2) is 5.38 Å². The van der Waals surface area contributed by atoms with Gasteiger partial charge in [0.05, 0.1) is 18.2 Å². The van der Waals surface area contributed by atoms with Crippen LogP contribution in [0.2, 0.25) is 5.02 Å². The van der Waals surface area contributed by atoms with Crippen molar-refractivity contribution in [3.05, 3.63) is 20.8 Å². The Morgan fingerprint density at radius 1 is 1.71 bits per heavy atom. The summed E-state index contributed by atoms with van der Waals surface area (Å²) in [5.41, 5.74) is 0.804. The van der Waals surface area contributed by atoms with E-state index in [1.165, 1.54) is 0 Å². The van der Waals surface area contributed by atoms with Gasteiger partial charge < -0.3 is 14.7 Å². The number of aromatic carboxylic acids is 1. The molecule has 1 fully saturated rings. The van der Waals surface area contributed by atoms with Crippen LogP contribution in [0.3, 0.4) is 0 Å². The first-order valence-electron chi connectivity index (χ1n) is 4.94. The zero-order chi connectivity index (χ0) is 12.4. The fraction of sp³-hybridized carbons (Fsp3) is 0.400. The summed E-state index contributed by atoms with van der Waals surface area (Å²) in [4.78, 5) is 13.8. The molecule has 7 heteroatoms. The van der Waals surface area contributed by atoms with E-state index in [9.17, 15) is 4.79 Å². The first-order valence-corrected chi connectivity index (χ1v) is 6.61. The number of thiophene rings is 1. The number of hydrogen-bond acceptors (Lipinski definition) is 4. The molecule has 17 heavy (non-hydrogen) atoms. The van der Waals surface area contributed by atoms with Gasteiger partial charge in [-0.25, -0.2) is 4.79 Å². The zero-order valence-electron chi connectivity index (χ0n) is 8.81. The van der Waals surface area contributed by atoms with Gasteiger partial charge in [0.25, 0.3) is 0 Å². The molecule has 0 radical (unpaired) electrons. The van der Waals surface area contributed by atoms with Crippen molar-refractivity contribution in [2.75, 3.05) is 19.8 Å². The molecule has 1 saturated heterocycles. The lowest BCUT2D eigenvalue weighted by Crippen LogP contribution is -2.39. The maximum atomic E-state index is 10.9. The number of halogens is 1. The molecular weight excluding hydrogens is 282 g/mol. The quantitative estimate of drug-likeness (QED) is 0.866. The standard InChI is InChI=1S/C10H10ClNO3S2/c11-8-6(5-17-9(8)10(13)14)3-12-1-2-15-4-7(12)16/h5H,1-4H2,(H,13,14). The van der Waals surface area contributed by atoms with Gasteiger partial charge in [0, 0.05) is 18.7 Å². The minimum absolute atomic E-state index is 0.181. The van der Waals surface area contributed by atoms with Gasteiger partial charge in [0.2, 0.25) is 0 Å². The molecule has 2 heterocycles. The molecule has 0 atom stereocenters. The molecule has 92 valence electrons. The van der Waals surface area contributed by atoms with Crippen LogP contribution in [0, 0.1) is 0 Å². The van der Waals surface area contributed by atoms with Crippen molar-refractivity contribution in [2.45, 2.75) is 6.54 Å². The normalized spacial score (nSPS) is 16.3. The first kappa shape index (κ1) is 12.8. The van der Waals surface area contributed by atoms with Gasteiger partial charge in [-0.1, -0.05) is 23.8 Å². The maximum Gasteiger partial charge on any atom is 0.347 e. The van der Waals surface area contributed by atoms with Crippen LogP contribution in [-0.2, 0) is 11.3 Å². The summed E-state index contributed by atoms with van der Waals surface area (Å²) < 4.78 is 5.22. The van der Waals surface area contributed by atoms with Crippen LogP contribution in [0.1, 0.15) is 15.2 Å². The molecule has 1 aromatic rings. The maximum absolute atomic E-state index is 10.9. The number of hydrogen-bond donors (Lipinski definition) is 1. The van der Waals surface area contributed by atoms with Crippen LogP contribution in [0.25, 0.3) is 0 Å². The SMILES string of the molecule is O=C(O)c1scc(CN2CCOCC2=S)c1Cl. The lowest BCUT2D eigenvalue weighted by atomic mass is 10.2. The van der Waals surface area contributed by atoms with Gasteiger partial charge in [-0.05, 0) is 5.38 Å². The highest BCUT2D eigenvalue weighted by molar-refractivity contribution is 7.80. The number of carboxylic acid groups (broad SMARTS) is 1. The molecule has 1 aliphatic heterocycles. The van der Waals surface area contributed by atoms with E-state index in [1.807, 2.05) is 4.90 Å². The number of ether oxygens (including phenoxy) is 1. The van der Waals surface area contributed by atoms with Crippen molar-refractivity contribution in [3.63, 3.8) is 0 Å². The number of carboxylic acids is 1. The van der Waals surface area contributed by atoms with Crippen LogP contribution >= 0.6 is 35.2 Å². The number of rotatable bonds is 3. The number of morpholine rings is 1. The van der Waals surface area contributed by atoms with Crippen molar-refractivity contribution in [3.8, 4) is 0 Å². The van der Waals surface area contributed by atoms with Gasteiger partial charge in [0.1, 0.15) is 9.87 Å². The van der Waals surface area contributed by atoms with Crippen molar-refractivity contribution in [1.29, 1.82) is 0 Å². The highest BCUT2D eigenvalue weighted by Crippen LogP contribution is 2.29. The molecule has 0 aromatic carbocycles. The predicted molar refractivity (Wildman–Crippen MR) is 70.1 cm³/mol. The zero-order valence-corrected chi connectivity index (χ0v) is 11.2. The number of thiocarbonyl (C=S) groups is 1. The Morgan fingerprint density at radius 3 is 3.06 bits per heavy atom. The molecule has 4 nitrogen and oxygen atoms in total. The van der Waals surface area contributed by atoms with Crippen molar-refractivity contribution in [2.24, 2.45) is 0 Å². The fourth-order valence-corrected chi connectivity index (χ4v) is 2.97. The van der Waals surface area contributed by atoms with E-state index in [2.05, 4.69) is 0 Å². The number of carbonyl (C=O) groups is 1. The Bertz CT molecular complexity index is 460. The summed E-state index contributed by atoms with van der Waals surface area (Å²) >= 11 is 12.3. The summed E-state index contributed by atoms with van der Waals surface area (Å²) in [6.45, 7) is 2.34. The van der Waals surface area contributed by atoms with E-state index in [-0.39, 0.29) is 4.88 Å². The van der Waals surface area contributed by atoms with E-state index in [0.717, 1.165) is 21.9 Å². The second kappa shape index (κ2) is 5.30. The molecule has 0 aliphatic carbocycles. The molecule has 1 aliphatic rings. The van der Waals surface area contributed by atoms with Gasteiger partial charge >= 0.3 is 5.97 Å². The third-order valence-corrected chi connectivity index (χ3v) is 4.38. The van der Waals surface area contributed by atoms with Crippen LogP contribution in [0.4, 0.5) is 0 Å². The number of nitrogens with zero attached hydrogens (tertiary/aromatic N) is 1. The van der Waals surface area contributed by atoms with E-state index in [0.29, 0.717) is 31.3 Å². The van der Waals surface area contributed by atoms with Crippen molar-refractivity contribution < 1.29 is 14.6 Å². The van der Waals surface area contributed by atoms with Crippen LogP contribution in [-0.4, -0.2) is 40.7 Å². The molecule has 0 unspecified atom stereocenters. The summed E-state index contributed by atoms with van der Waals surface area (Å²) in [6, 6.07) is 0. The van der Waals surface area contributed by atoms with Crippen molar-refractivity contribution >= 4 is 46.1 Å². The van der Waals surface area contributed by atoms with Crippen LogP contribution < -0.4 is 0 Å². The van der Waals surface area contributed by atoms with Gasteiger partial charge in [-0.2, -0.15) is 0 Å². The Morgan fingerprint density at radius 2 is 2.47 bits per heavy atom. The van der Waals surface area contributed by atoms with Gasteiger partial charge in [0.15, 0.2) is 0 Å². The Labute approximate surface area is 113 Å². The lowest BCUT2D eigenvalue weighted by Gasteiger charge is -2.29. The Hall–Kier alpha value is -0.690. The highest BCUT2D eigenvalue weighted by Gasteiger charge is 2.20. The summed E-state index contributed by atoms with van der Waals surface area (Å²) in [5.74, 6) is -0.990. The minimum Gasteiger partial charge on any atom is -0.477 e. The molecule has 2 rings (SSSR count). The molecule has 1 N–H and O–H groups in total. The average molecular weight is 292 g/mol. The molecule has 0 amide bonds. The molecular formula is C10H10ClNO3S2. The van der Waals surface area contributed by atoms with Gasteiger partial charge in [-0.15, -0.1) is 11.3 Å². The first-order chi connectivity index (χ1) is 8.09. The third-order valence-electron chi connectivity index (χ3n) is 2.44. The second-order valence-electron chi connectivity index (χ2n) is 3.58. The monoisotopic (exact) mass is 291 g/mol. The lowest BCUT2D eigenvalue weighted by molar-refractivity contribution is 0.0702. The van der Waals surface area contributed by atoms with Gasteiger partial charge in [-0.3, -0.25) is 0 Å². The van der Waals surface area contributed by atoms with E-state index in [4.69, 9.17) is 33.7 Å². The molecule has 0 saturated carbocycles. The van der Waals surface area contributed by atoms with Crippen LogP contribution in [0.5, 0.6) is 0 Å². The molecule has 0 spiro atoms. The Balaban J connectivity index is 2.13. The topological polar surface area (TPSA) is 49.8 Å². The fourth-order valence-electron chi connectivity index (χ4n) is 1.55. The van der Waals surface area contributed by atoms with E-state index < -0.39 is 5.97 Å². The third kappa shape index (κ3) is 2.77. The smallest absolute Gasteiger partial charge is 0.347 e. The summed E-state index contributed by atoms with van der Waals surface area (Å²) in [6.07, 6.45) is 0. The summed E-state index contributed by atoms with van der Waals surface area (Å²) in [7, 11) is 0. The van der Waals surface area contributed by atoms with E-state index in [1.54, 1.807) is 5.38 Å². The Kier molecular flexibility index (Phi) is 3.98. The molecule has 1 aromatic heterocycles. The second-order valence-corrected chi connectivity index (χ2v) is 5.31. The van der Waals surface area contributed by atoms with Crippen molar-refractivity contribution in [1.82, 2.24) is 4.90 Å². The van der Waals surface area contributed by atoms with E-state index >= 15 is 0 Å². The largest absolute Gasteiger partial charge is 0.477 e. The summed E-state index contributed by atoms with van der Waals surface area (Å²) in [5, 5.41) is 11.0. The predicted octanol–water partition coefficient (Wildman–Crippen LogP) is 2.26.